The number of carbonyl (C=O) groups excluding carboxylic acids is 1. The van der Waals surface area contributed by atoms with Crippen molar-refractivity contribution in [2.75, 3.05) is 26.2 Å². The Labute approximate surface area is 197 Å². The Hall–Kier alpha value is -4.33. The first-order chi connectivity index (χ1) is 16.3. The number of nitrogens with zero attached hydrogens (tertiary/aromatic N) is 3. The van der Waals surface area contributed by atoms with Gasteiger partial charge in [0.2, 0.25) is 5.78 Å². The van der Waals surface area contributed by atoms with E-state index in [-0.39, 0.29) is 17.2 Å². The van der Waals surface area contributed by atoms with Gasteiger partial charge in [-0.15, -0.1) is 0 Å². The second-order valence-electron chi connectivity index (χ2n) is 7.96. The fourth-order valence-electron chi connectivity index (χ4n) is 4.31. The molecule has 2 aromatic heterocycles. The molecule has 2 aromatic carbocycles. The van der Waals surface area contributed by atoms with E-state index < -0.39 is 4.92 Å². The van der Waals surface area contributed by atoms with Crippen LogP contribution in [0.4, 0.5) is 11.4 Å². The molecule has 34 heavy (non-hydrogen) atoms. The van der Waals surface area contributed by atoms with Gasteiger partial charge in [-0.2, -0.15) is 0 Å². The highest BCUT2D eigenvalue weighted by atomic mass is 16.6. The number of ketones is 1. The third-order valence-electron chi connectivity index (χ3n) is 5.84. The molecule has 0 bridgehead atoms. The number of methoxy groups -OCH3 is 2. The first-order valence-electron chi connectivity index (χ1n) is 10.7. The van der Waals surface area contributed by atoms with Gasteiger partial charge in [-0.3, -0.25) is 14.9 Å². The quantitative estimate of drug-likeness (QED) is 0.208. The maximum Gasteiger partial charge on any atom is 0.310 e. The van der Waals surface area contributed by atoms with Crippen molar-refractivity contribution in [3.8, 4) is 11.5 Å². The smallest absolute Gasteiger partial charge is 0.310 e. The van der Waals surface area contributed by atoms with Crippen LogP contribution in [0, 0.1) is 17.0 Å². The zero-order valence-electron chi connectivity index (χ0n) is 19.4. The van der Waals surface area contributed by atoms with Crippen LogP contribution in [0.1, 0.15) is 27.2 Å². The predicted molar refractivity (Wildman–Crippen MR) is 130 cm³/mol. The molecule has 8 nitrogen and oxygen atoms in total. The summed E-state index contributed by atoms with van der Waals surface area (Å²) in [5, 5.41) is 11.3. The summed E-state index contributed by atoms with van der Waals surface area (Å²) >= 11 is 0. The summed E-state index contributed by atoms with van der Waals surface area (Å²) in [5.74, 6) is 0.588. The number of aromatic nitrogens is 1. The molecule has 0 atom stereocenters. The van der Waals surface area contributed by atoms with Crippen LogP contribution in [0.15, 0.2) is 66.9 Å². The number of rotatable bonds is 8. The molecule has 0 amide bonds. The number of ether oxygens (including phenoxy) is 2. The van der Waals surface area contributed by atoms with Crippen molar-refractivity contribution in [2.45, 2.75) is 13.5 Å². The van der Waals surface area contributed by atoms with Crippen molar-refractivity contribution in [1.82, 2.24) is 4.40 Å². The molecule has 174 valence electrons. The number of pyridine rings is 1. The van der Waals surface area contributed by atoms with Gasteiger partial charge in [-0.1, -0.05) is 18.2 Å². The SMILES string of the molecule is COc1cccc(CN(C)c2c(C)c(C(=O)c3ccc([N+](=O)[O-])c(OC)c3)n3ccccc23)c1. The van der Waals surface area contributed by atoms with Crippen LogP contribution >= 0.6 is 0 Å². The van der Waals surface area contributed by atoms with Gasteiger partial charge in [0.25, 0.3) is 0 Å². The Morgan fingerprint density at radius 2 is 1.85 bits per heavy atom. The van der Waals surface area contributed by atoms with E-state index in [0.717, 1.165) is 28.1 Å². The summed E-state index contributed by atoms with van der Waals surface area (Å²) in [4.78, 5) is 26.5. The van der Waals surface area contributed by atoms with E-state index in [1.165, 1.54) is 25.3 Å². The highest BCUT2D eigenvalue weighted by Gasteiger charge is 2.25. The van der Waals surface area contributed by atoms with Crippen molar-refractivity contribution >= 4 is 22.7 Å². The average Bonchev–Trinajstić information content (AvgIpc) is 3.14. The van der Waals surface area contributed by atoms with Crippen LogP contribution in [0.25, 0.3) is 5.52 Å². The van der Waals surface area contributed by atoms with Gasteiger partial charge in [-0.25, -0.2) is 0 Å². The van der Waals surface area contributed by atoms with Crippen molar-refractivity contribution in [3.05, 3.63) is 99.4 Å². The summed E-state index contributed by atoms with van der Waals surface area (Å²) in [5.41, 5.74) is 4.34. The fourth-order valence-corrected chi connectivity index (χ4v) is 4.31. The number of nitro groups is 1. The van der Waals surface area contributed by atoms with Gasteiger partial charge in [0.05, 0.1) is 36.0 Å². The minimum absolute atomic E-state index is 0.0460. The third-order valence-corrected chi connectivity index (χ3v) is 5.84. The van der Waals surface area contributed by atoms with Gasteiger partial charge in [-0.05, 0) is 48.9 Å². The monoisotopic (exact) mass is 459 g/mol. The summed E-state index contributed by atoms with van der Waals surface area (Å²) < 4.78 is 12.4. The Kier molecular flexibility index (Phi) is 6.23. The fraction of sp³-hybridized carbons (Fsp3) is 0.192. The lowest BCUT2D eigenvalue weighted by Crippen LogP contribution is -2.17. The molecule has 8 heteroatoms. The van der Waals surface area contributed by atoms with Gasteiger partial charge < -0.3 is 18.8 Å². The third kappa shape index (κ3) is 4.05. The Morgan fingerprint density at radius 3 is 2.56 bits per heavy atom. The van der Waals surface area contributed by atoms with Crippen LogP contribution < -0.4 is 14.4 Å². The molecule has 0 aliphatic rings. The van der Waals surface area contributed by atoms with Crippen molar-refractivity contribution in [2.24, 2.45) is 0 Å². The minimum atomic E-state index is -0.531. The molecule has 0 spiro atoms. The molecule has 0 fully saturated rings. The van der Waals surface area contributed by atoms with E-state index in [9.17, 15) is 14.9 Å². The lowest BCUT2D eigenvalue weighted by atomic mass is 10.0. The molecule has 0 aliphatic carbocycles. The van der Waals surface area contributed by atoms with E-state index in [1.807, 2.05) is 67.0 Å². The molecule has 4 aromatic rings. The van der Waals surface area contributed by atoms with E-state index in [1.54, 1.807) is 7.11 Å². The summed E-state index contributed by atoms with van der Waals surface area (Å²) in [6, 6.07) is 17.8. The summed E-state index contributed by atoms with van der Waals surface area (Å²) in [6.07, 6.45) is 1.85. The molecule has 0 saturated heterocycles. The molecule has 2 heterocycles. The molecule has 0 radical (unpaired) electrons. The highest BCUT2D eigenvalue weighted by Crippen LogP contribution is 2.35. The molecule has 0 aliphatic heterocycles. The van der Waals surface area contributed by atoms with E-state index in [4.69, 9.17) is 9.47 Å². The van der Waals surface area contributed by atoms with Crippen LogP contribution in [0.3, 0.4) is 0 Å². The normalized spacial score (nSPS) is 10.8. The lowest BCUT2D eigenvalue weighted by Gasteiger charge is -2.20. The molecule has 4 rings (SSSR count). The number of anilines is 1. The first kappa shape index (κ1) is 22.8. The number of carbonyl (C=O) groups is 1. The second-order valence-corrected chi connectivity index (χ2v) is 7.96. The molecule has 0 N–H and O–H groups in total. The van der Waals surface area contributed by atoms with Gasteiger partial charge in [0.1, 0.15) is 5.75 Å². The molecule has 0 saturated carbocycles. The van der Waals surface area contributed by atoms with E-state index in [0.29, 0.717) is 17.8 Å². The van der Waals surface area contributed by atoms with Crippen molar-refractivity contribution < 1.29 is 19.2 Å². The van der Waals surface area contributed by atoms with Crippen molar-refractivity contribution in [3.63, 3.8) is 0 Å². The average molecular weight is 460 g/mol. The lowest BCUT2D eigenvalue weighted by molar-refractivity contribution is -0.385. The van der Waals surface area contributed by atoms with Gasteiger partial charge in [0.15, 0.2) is 5.75 Å². The zero-order valence-corrected chi connectivity index (χ0v) is 19.4. The van der Waals surface area contributed by atoms with Crippen molar-refractivity contribution in [1.29, 1.82) is 0 Å². The van der Waals surface area contributed by atoms with E-state index >= 15 is 0 Å². The molecule has 0 unspecified atom stereocenters. The Balaban J connectivity index is 1.79. The minimum Gasteiger partial charge on any atom is -0.497 e. The largest absolute Gasteiger partial charge is 0.497 e. The van der Waals surface area contributed by atoms with Gasteiger partial charge in [0, 0.05) is 37.0 Å². The number of hydrogen-bond donors (Lipinski definition) is 0. The number of benzene rings is 2. The van der Waals surface area contributed by atoms with Crippen LogP contribution in [0.2, 0.25) is 0 Å². The van der Waals surface area contributed by atoms with Gasteiger partial charge >= 0.3 is 5.69 Å². The topological polar surface area (TPSA) is 86.3 Å². The Morgan fingerprint density at radius 1 is 1.06 bits per heavy atom. The van der Waals surface area contributed by atoms with Crippen LogP contribution in [0.5, 0.6) is 11.5 Å². The van der Waals surface area contributed by atoms with E-state index in [2.05, 4.69) is 4.90 Å². The maximum absolute atomic E-state index is 13.6. The molecular weight excluding hydrogens is 434 g/mol. The second kappa shape index (κ2) is 9.27. The molecular formula is C26H25N3O5. The predicted octanol–water partition coefficient (Wildman–Crippen LogP) is 5.04. The number of nitro benzene ring substituents is 1. The Bertz CT molecular complexity index is 1390. The highest BCUT2D eigenvalue weighted by molar-refractivity contribution is 6.11. The zero-order chi connectivity index (χ0) is 24.4. The first-order valence-corrected chi connectivity index (χ1v) is 10.7. The van der Waals surface area contributed by atoms with Crippen LogP contribution in [-0.2, 0) is 6.54 Å². The maximum atomic E-state index is 13.6. The van der Waals surface area contributed by atoms with Crippen LogP contribution in [-0.4, -0.2) is 36.4 Å². The standard InChI is InChI=1S/C26H25N3O5/c1-17-24(27(2)16-18-8-7-9-20(14-18)33-3)22-10-5-6-13-28(22)25(17)26(30)19-11-12-21(29(31)32)23(15-19)34-4/h5-15H,16H2,1-4H3. The number of fused-ring (bicyclic) bond motifs is 1. The number of hydrogen-bond acceptors (Lipinski definition) is 6. The summed E-state index contributed by atoms with van der Waals surface area (Å²) in [7, 11) is 4.97. The summed E-state index contributed by atoms with van der Waals surface area (Å²) in [6.45, 7) is 2.53.